The second-order valence-electron chi connectivity index (χ2n) is 6.78. The van der Waals surface area contributed by atoms with Gasteiger partial charge in [-0.25, -0.2) is 4.99 Å². The number of carbonyl (C=O) groups is 1. The van der Waals surface area contributed by atoms with Crippen molar-refractivity contribution in [1.29, 1.82) is 0 Å². The monoisotopic (exact) mass is 452 g/mol. The summed E-state index contributed by atoms with van der Waals surface area (Å²) in [5.41, 5.74) is 0.988. The third kappa shape index (κ3) is 6.78. The van der Waals surface area contributed by atoms with Crippen LogP contribution < -0.4 is 29.1 Å². The number of carbonyl (C=O) groups excluding carboxylic acids is 1. The molecule has 11 heteroatoms. The topological polar surface area (TPSA) is 113 Å². The average Bonchev–Trinajstić information content (AvgIpc) is 3.23. The van der Waals surface area contributed by atoms with Crippen LogP contribution in [0.15, 0.2) is 27.8 Å². The summed E-state index contributed by atoms with van der Waals surface area (Å²) >= 11 is 1.10. The van der Waals surface area contributed by atoms with Crippen LogP contribution >= 0.6 is 11.8 Å². The third-order valence-electron chi connectivity index (χ3n) is 4.42. The van der Waals surface area contributed by atoms with Crippen molar-refractivity contribution in [2.24, 2.45) is 10.9 Å². The molecule has 31 heavy (non-hydrogen) atoms. The summed E-state index contributed by atoms with van der Waals surface area (Å²) in [7, 11) is 6.54. The average molecular weight is 453 g/mol. The van der Waals surface area contributed by atoms with Crippen molar-refractivity contribution in [3.05, 3.63) is 23.9 Å². The van der Waals surface area contributed by atoms with E-state index in [4.69, 9.17) is 18.7 Å². The molecule has 10 nitrogen and oxygen atoms in total. The number of methoxy groups -OCH3 is 3. The minimum Gasteiger partial charge on any atom is -0.861 e. The van der Waals surface area contributed by atoms with Crippen LogP contribution in [0.2, 0.25) is 0 Å². The number of rotatable bonds is 11. The quantitative estimate of drug-likeness (QED) is 0.281. The van der Waals surface area contributed by atoms with Gasteiger partial charge in [-0.2, -0.15) is 5.01 Å². The number of ether oxygens (including phenoxy) is 3. The highest BCUT2D eigenvalue weighted by Crippen LogP contribution is 2.38. The fourth-order valence-corrected chi connectivity index (χ4v) is 3.27. The van der Waals surface area contributed by atoms with Crippen LogP contribution in [0, 0.1) is 5.92 Å². The van der Waals surface area contributed by atoms with E-state index in [0.717, 1.165) is 17.3 Å². The van der Waals surface area contributed by atoms with Crippen LogP contribution in [-0.4, -0.2) is 57.0 Å². The van der Waals surface area contributed by atoms with Gasteiger partial charge >= 0.3 is 5.88 Å². The minimum atomic E-state index is -0.398. The Balaban J connectivity index is 2.03. The summed E-state index contributed by atoms with van der Waals surface area (Å²) in [6.07, 6.45) is 2.19. The summed E-state index contributed by atoms with van der Waals surface area (Å²) in [5, 5.41) is 17.8. The number of aliphatic imine (C=N–C) groups is 1. The molecule has 170 valence electrons. The minimum absolute atomic E-state index is 0.0362. The highest BCUT2D eigenvalue weighted by Gasteiger charge is 2.18. The normalized spacial score (nSPS) is 12.4. The highest BCUT2D eigenvalue weighted by molar-refractivity contribution is 8.13. The molecule has 2 rings (SSSR count). The van der Waals surface area contributed by atoms with Crippen LogP contribution in [-0.2, 0) is 11.2 Å². The van der Waals surface area contributed by atoms with E-state index < -0.39 is 5.92 Å². The molecule has 0 unspecified atom stereocenters. The second-order valence-corrected chi connectivity index (χ2v) is 7.98. The largest absolute Gasteiger partial charge is 0.861 e. The van der Waals surface area contributed by atoms with Gasteiger partial charge in [-0.05, 0) is 35.9 Å². The molecule has 1 atom stereocenters. The molecule has 0 saturated carbocycles. The number of aromatic nitrogens is 2. The fourth-order valence-electron chi connectivity index (χ4n) is 2.65. The predicted molar refractivity (Wildman–Crippen MR) is 115 cm³/mol. The molecule has 0 amide bonds. The van der Waals surface area contributed by atoms with Crippen molar-refractivity contribution in [2.75, 3.05) is 45.7 Å². The number of nitrogens with zero attached hydrogens (tertiary/aromatic N) is 4. The maximum absolute atomic E-state index is 12.2. The van der Waals surface area contributed by atoms with Crippen LogP contribution in [0.5, 0.6) is 17.2 Å². The Hall–Kier alpha value is -2.95. The van der Waals surface area contributed by atoms with Gasteiger partial charge in [-0.3, -0.25) is 9.32 Å². The van der Waals surface area contributed by atoms with E-state index in [1.807, 2.05) is 24.2 Å². The molecule has 1 aromatic heterocycles. The van der Waals surface area contributed by atoms with E-state index in [-0.39, 0.29) is 16.9 Å². The molecule has 0 aliphatic rings. The Morgan fingerprint density at radius 1 is 1.29 bits per heavy atom. The fraction of sp³-hybridized carbons (Fsp3) is 0.500. The Morgan fingerprint density at radius 2 is 1.94 bits per heavy atom. The molecular weight excluding hydrogens is 424 g/mol. The summed E-state index contributed by atoms with van der Waals surface area (Å²) in [6, 6.07) is 3.78. The van der Waals surface area contributed by atoms with E-state index in [1.165, 1.54) is 17.9 Å². The number of thioether (sulfide) groups is 1. The first kappa shape index (κ1) is 24.3. The first-order chi connectivity index (χ1) is 14.8. The Bertz CT molecular complexity index is 892. The first-order valence-corrected chi connectivity index (χ1v) is 10.6. The van der Waals surface area contributed by atoms with Crippen LogP contribution in [0.4, 0.5) is 5.88 Å². The van der Waals surface area contributed by atoms with Gasteiger partial charge in [-0.1, -0.05) is 18.7 Å². The van der Waals surface area contributed by atoms with Gasteiger partial charge < -0.3 is 19.3 Å². The van der Waals surface area contributed by atoms with Crippen LogP contribution in [0.3, 0.4) is 0 Å². The summed E-state index contributed by atoms with van der Waals surface area (Å²) in [6.45, 7) is 3.77. The molecule has 1 aromatic carbocycles. The lowest BCUT2D eigenvalue weighted by molar-refractivity contribution is -0.755. The Kier molecular flexibility index (Phi) is 8.98. The lowest BCUT2D eigenvalue weighted by Gasteiger charge is -2.16. The van der Waals surface area contributed by atoms with Crippen molar-refractivity contribution >= 4 is 28.7 Å². The molecule has 0 spiro atoms. The molecule has 0 saturated heterocycles. The lowest BCUT2D eigenvalue weighted by atomic mass is 10.1. The predicted octanol–water partition coefficient (Wildman–Crippen LogP) is 1.10. The van der Waals surface area contributed by atoms with Crippen molar-refractivity contribution in [2.45, 2.75) is 20.3 Å². The standard InChI is InChI=1S/C20H28N4O6S/c1-13(12-31-14(2)25)20(26)21-18-11-24(22-30-18)23(3)8-7-15-9-16(27-4)19(29-6)17(10-15)28-5/h9-11,13H,7-8,12H2,1-6H3/t13-/m1/s1. The second kappa shape index (κ2) is 11.4. The van der Waals surface area contributed by atoms with Gasteiger partial charge in [0.1, 0.15) is 0 Å². The van der Waals surface area contributed by atoms with E-state index in [1.54, 1.807) is 28.3 Å². The van der Waals surface area contributed by atoms with Crippen molar-refractivity contribution in [1.82, 2.24) is 5.27 Å². The van der Waals surface area contributed by atoms with Gasteiger partial charge in [0.15, 0.2) is 16.6 Å². The maximum Gasteiger partial charge on any atom is 0.324 e. The molecule has 1 heterocycles. The van der Waals surface area contributed by atoms with Crippen molar-refractivity contribution in [3.8, 4) is 17.2 Å². The molecular formula is C20H28N4O6S. The van der Waals surface area contributed by atoms with Gasteiger partial charge in [0.05, 0.1) is 39.7 Å². The number of hydrogen-bond donors (Lipinski definition) is 0. The lowest BCUT2D eigenvalue weighted by Crippen LogP contribution is -2.57. The highest BCUT2D eigenvalue weighted by atomic mass is 32.2. The molecule has 0 fully saturated rings. The Labute approximate surface area is 185 Å². The number of hydrogen-bond acceptors (Lipinski definition) is 10. The molecule has 0 radical (unpaired) electrons. The van der Waals surface area contributed by atoms with Gasteiger partial charge in [0.2, 0.25) is 11.0 Å². The molecule has 0 aliphatic carbocycles. The van der Waals surface area contributed by atoms with Crippen molar-refractivity contribution < 1.29 is 33.4 Å². The smallest absolute Gasteiger partial charge is 0.324 e. The van der Waals surface area contributed by atoms with Crippen LogP contribution in [0.1, 0.15) is 19.4 Å². The van der Waals surface area contributed by atoms with Crippen LogP contribution in [0.25, 0.3) is 0 Å². The third-order valence-corrected chi connectivity index (χ3v) is 5.49. The summed E-state index contributed by atoms with van der Waals surface area (Å²) < 4.78 is 21.3. The first-order valence-electron chi connectivity index (χ1n) is 9.56. The molecule has 2 aromatic rings. The molecule has 0 N–H and O–H groups in total. The molecule has 0 aliphatic heterocycles. The SMILES string of the molecule is COc1cc(CCN(C)[n+]2cc(N=C([O-])[C@H](C)CSC(C)=O)on2)cc(OC)c1OC. The van der Waals surface area contributed by atoms with E-state index in [0.29, 0.717) is 36.0 Å². The Morgan fingerprint density at radius 3 is 2.48 bits per heavy atom. The van der Waals surface area contributed by atoms with E-state index in [2.05, 4.69) is 10.3 Å². The number of benzene rings is 1. The zero-order valence-electron chi connectivity index (χ0n) is 18.6. The molecule has 0 bridgehead atoms. The van der Waals surface area contributed by atoms with Crippen molar-refractivity contribution in [3.63, 3.8) is 0 Å². The van der Waals surface area contributed by atoms with Gasteiger partial charge in [0, 0.05) is 12.7 Å². The number of likely N-dealkylation sites (N-methyl/N-ethyl adjacent to an activating group) is 1. The summed E-state index contributed by atoms with van der Waals surface area (Å²) in [5.74, 6) is 1.43. The van der Waals surface area contributed by atoms with Gasteiger partial charge in [-0.15, -0.1) is 0 Å². The van der Waals surface area contributed by atoms with Gasteiger partial charge in [0.25, 0.3) is 6.20 Å². The van der Waals surface area contributed by atoms with E-state index in [9.17, 15) is 9.90 Å². The zero-order valence-corrected chi connectivity index (χ0v) is 19.4. The zero-order chi connectivity index (χ0) is 23.0. The summed E-state index contributed by atoms with van der Waals surface area (Å²) in [4.78, 5) is 16.4. The maximum atomic E-state index is 12.2. The van der Waals surface area contributed by atoms with E-state index >= 15 is 0 Å².